The topological polar surface area (TPSA) is 45.5 Å². The second-order valence-electron chi connectivity index (χ2n) is 4.23. The second kappa shape index (κ2) is 5.70. The van der Waals surface area contributed by atoms with E-state index in [2.05, 4.69) is 26.9 Å². The number of nitriles is 1. The molecule has 18 heavy (non-hydrogen) atoms. The van der Waals surface area contributed by atoms with Crippen LogP contribution in [0.15, 0.2) is 22.7 Å². The lowest BCUT2D eigenvalue weighted by Crippen LogP contribution is -2.27. The molecule has 1 aromatic rings. The minimum Gasteiger partial charge on any atom is -0.377 e. The Labute approximate surface area is 115 Å². The van der Waals surface area contributed by atoms with Gasteiger partial charge in [-0.3, -0.25) is 0 Å². The van der Waals surface area contributed by atoms with E-state index in [1.807, 2.05) is 18.2 Å². The molecule has 5 heteroatoms. The summed E-state index contributed by atoms with van der Waals surface area (Å²) in [6, 6.07) is 7.87. The Morgan fingerprint density at radius 3 is 2.33 bits per heavy atom. The maximum absolute atomic E-state index is 8.90. The fourth-order valence-electron chi connectivity index (χ4n) is 2.20. The third-order valence-electron chi connectivity index (χ3n) is 3.26. The van der Waals surface area contributed by atoms with Gasteiger partial charge in [-0.05, 0) is 34.1 Å². The molecular formula is C13H15BrN2O2. The number of anilines is 1. The average molecular weight is 311 g/mol. The third-order valence-corrected chi connectivity index (χ3v) is 3.92. The summed E-state index contributed by atoms with van der Waals surface area (Å²) in [5, 5.41) is 8.90. The lowest BCUT2D eigenvalue weighted by atomic mass is 10.2. The first kappa shape index (κ1) is 13.3. The number of methoxy groups -OCH3 is 2. The molecule has 96 valence electrons. The molecule has 1 aromatic carbocycles. The first-order valence-electron chi connectivity index (χ1n) is 5.69. The molecule has 1 fully saturated rings. The molecule has 0 spiro atoms. The van der Waals surface area contributed by atoms with Crippen LogP contribution in [-0.2, 0) is 9.47 Å². The van der Waals surface area contributed by atoms with Gasteiger partial charge in [-0.1, -0.05) is 0 Å². The zero-order chi connectivity index (χ0) is 13.1. The lowest BCUT2D eigenvalue weighted by molar-refractivity contribution is -0.00461. The summed E-state index contributed by atoms with van der Waals surface area (Å²) in [5.41, 5.74) is 1.71. The molecule has 0 radical (unpaired) electrons. The van der Waals surface area contributed by atoms with E-state index in [1.165, 1.54) is 0 Å². The summed E-state index contributed by atoms with van der Waals surface area (Å²) in [4.78, 5) is 2.20. The number of nitrogens with zero attached hydrogens (tertiary/aromatic N) is 2. The number of rotatable bonds is 3. The van der Waals surface area contributed by atoms with Gasteiger partial charge < -0.3 is 14.4 Å². The van der Waals surface area contributed by atoms with Gasteiger partial charge in [-0.2, -0.15) is 5.26 Å². The number of hydrogen-bond donors (Lipinski definition) is 0. The molecule has 0 bridgehead atoms. The Hall–Kier alpha value is -1.09. The lowest BCUT2D eigenvalue weighted by Gasteiger charge is -2.18. The molecule has 2 atom stereocenters. The van der Waals surface area contributed by atoms with Gasteiger partial charge in [0.1, 0.15) is 18.3 Å². The quantitative estimate of drug-likeness (QED) is 0.858. The van der Waals surface area contributed by atoms with E-state index in [4.69, 9.17) is 14.7 Å². The van der Waals surface area contributed by atoms with Crippen molar-refractivity contribution in [2.45, 2.75) is 12.2 Å². The van der Waals surface area contributed by atoms with Crippen molar-refractivity contribution in [3.05, 3.63) is 28.2 Å². The van der Waals surface area contributed by atoms with Gasteiger partial charge >= 0.3 is 0 Å². The van der Waals surface area contributed by atoms with E-state index in [0.717, 1.165) is 23.2 Å². The van der Waals surface area contributed by atoms with Gasteiger partial charge in [-0.25, -0.2) is 0 Å². The number of ether oxygens (including phenoxy) is 2. The monoisotopic (exact) mass is 310 g/mol. The van der Waals surface area contributed by atoms with E-state index in [0.29, 0.717) is 5.56 Å². The van der Waals surface area contributed by atoms with Gasteiger partial charge in [0.25, 0.3) is 0 Å². The Morgan fingerprint density at radius 2 is 1.89 bits per heavy atom. The van der Waals surface area contributed by atoms with Crippen molar-refractivity contribution in [2.75, 3.05) is 32.2 Å². The Morgan fingerprint density at radius 1 is 1.28 bits per heavy atom. The summed E-state index contributed by atoms with van der Waals surface area (Å²) in [5.74, 6) is 0. The SMILES string of the molecule is COC1CN(c2ccc(C#N)c(Br)c2)CC1OC. The first-order chi connectivity index (χ1) is 8.69. The van der Waals surface area contributed by atoms with E-state index < -0.39 is 0 Å². The predicted molar refractivity (Wildman–Crippen MR) is 72.7 cm³/mol. The molecule has 0 N–H and O–H groups in total. The molecule has 1 saturated heterocycles. The Kier molecular flexibility index (Phi) is 4.23. The summed E-state index contributed by atoms with van der Waals surface area (Å²) < 4.78 is 11.6. The van der Waals surface area contributed by atoms with Crippen LogP contribution in [0, 0.1) is 11.3 Å². The fraction of sp³-hybridized carbons (Fsp3) is 0.462. The molecule has 0 saturated carbocycles. The smallest absolute Gasteiger partial charge is 0.102 e. The minimum atomic E-state index is 0.0874. The van der Waals surface area contributed by atoms with Crippen molar-refractivity contribution in [3.8, 4) is 6.07 Å². The number of hydrogen-bond acceptors (Lipinski definition) is 4. The van der Waals surface area contributed by atoms with Gasteiger partial charge in [-0.15, -0.1) is 0 Å². The third kappa shape index (κ3) is 2.51. The summed E-state index contributed by atoms with van der Waals surface area (Å²) >= 11 is 3.41. The average Bonchev–Trinajstić information content (AvgIpc) is 2.81. The van der Waals surface area contributed by atoms with E-state index in [9.17, 15) is 0 Å². The van der Waals surface area contributed by atoms with Gasteiger partial charge in [0.05, 0.1) is 5.56 Å². The minimum absolute atomic E-state index is 0.0874. The molecule has 2 rings (SSSR count). The van der Waals surface area contributed by atoms with Crippen LogP contribution in [0.5, 0.6) is 0 Å². The second-order valence-corrected chi connectivity index (χ2v) is 5.08. The Balaban J connectivity index is 2.19. The zero-order valence-corrected chi connectivity index (χ0v) is 12.0. The zero-order valence-electron chi connectivity index (χ0n) is 10.4. The Bertz CT molecular complexity index is 461. The molecule has 1 heterocycles. The van der Waals surface area contributed by atoms with Crippen molar-refractivity contribution in [1.29, 1.82) is 5.26 Å². The highest BCUT2D eigenvalue weighted by Gasteiger charge is 2.33. The molecule has 1 aliphatic rings. The van der Waals surface area contributed by atoms with Crippen LogP contribution in [0.3, 0.4) is 0 Å². The molecular weight excluding hydrogens is 296 g/mol. The van der Waals surface area contributed by atoms with E-state index in [-0.39, 0.29) is 12.2 Å². The van der Waals surface area contributed by atoms with Crippen molar-refractivity contribution in [3.63, 3.8) is 0 Å². The fourth-order valence-corrected chi connectivity index (χ4v) is 2.65. The standard InChI is InChI=1S/C13H15BrN2O2/c1-17-12-7-16(8-13(12)18-2)10-4-3-9(6-15)11(14)5-10/h3-5,12-13H,7-8H2,1-2H3. The van der Waals surface area contributed by atoms with E-state index >= 15 is 0 Å². The van der Waals surface area contributed by atoms with Crippen molar-refractivity contribution in [2.24, 2.45) is 0 Å². The maximum Gasteiger partial charge on any atom is 0.102 e. The highest BCUT2D eigenvalue weighted by molar-refractivity contribution is 9.10. The van der Waals surface area contributed by atoms with Crippen LogP contribution < -0.4 is 4.90 Å². The van der Waals surface area contributed by atoms with Crippen LogP contribution in [0.4, 0.5) is 5.69 Å². The summed E-state index contributed by atoms with van der Waals surface area (Å²) in [6.45, 7) is 1.60. The highest BCUT2D eigenvalue weighted by atomic mass is 79.9. The van der Waals surface area contributed by atoms with Crippen LogP contribution in [-0.4, -0.2) is 39.5 Å². The van der Waals surface area contributed by atoms with E-state index in [1.54, 1.807) is 14.2 Å². The normalized spacial score (nSPS) is 23.1. The molecule has 0 aliphatic carbocycles. The van der Waals surface area contributed by atoms with Gasteiger partial charge in [0.15, 0.2) is 0 Å². The molecule has 4 nitrogen and oxygen atoms in total. The van der Waals surface area contributed by atoms with Crippen molar-refractivity contribution >= 4 is 21.6 Å². The number of benzene rings is 1. The molecule has 0 aromatic heterocycles. The summed E-state index contributed by atoms with van der Waals surface area (Å²) in [6.07, 6.45) is 0.175. The number of halogens is 1. The van der Waals surface area contributed by atoms with Crippen LogP contribution in [0.2, 0.25) is 0 Å². The molecule has 2 unspecified atom stereocenters. The van der Waals surface area contributed by atoms with Crippen LogP contribution in [0.25, 0.3) is 0 Å². The van der Waals surface area contributed by atoms with Crippen molar-refractivity contribution < 1.29 is 9.47 Å². The van der Waals surface area contributed by atoms with Crippen LogP contribution in [0.1, 0.15) is 5.56 Å². The maximum atomic E-state index is 8.90. The molecule has 1 aliphatic heterocycles. The van der Waals surface area contributed by atoms with Crippen LogP contribution >= 0.6 is 15.9 Å². The largest absolute Gasteiger partial charge is 0.377 e. The van der Waals surface area contributed by atoms with Crippen molar-refractivity contribution in [1.82, 2.24) is 0 Å². The summed E-state index contributed by atoms with van der Waals surface area (Å²) in [7, 11) is 3.41. The highest BCUT2D eigenvalue weighted by Crippen LogP contribution is 2.27. The first-order valence-corrected chi connectivity index (χ1v) is 6.49. The van der Waals surface area contributed by atoms with Gasteiger partial charge in [0.2, 0.25) is 0 Å². The van der Waals surface area contributed by atoms with Gasteiger partial charge in [0, 0.05) is 37.5 Å². The predicted octanol–water partition coefficient (Wildman–Crippen LogP) is 2.17. The molecule has 0 amide bonds.